The van der Waals surface area contributed by atoms with E-state index in [0.29, 0.717) is 15.3 Å². The molecule has 1 N–H and O–H groups in total. The third kappa shape index (κ3) is 2.95. The second-order valence-corrected chi connectivity index (χ2v) is 6.39. The van der Waals surface area contributed by atoms with Gasteiger partial charge in [0.1, 0.15) is 0 Å². The maximum Gasteiger partial charge on any atom is 0.161 e. The Balaban J connectivity index is 1.72. The first-order valence-electron chi connectivity index (χ1n) is 6.21. The third-order valence-electron chi connectivity index (χ3n) is 3.02. The summed E-state index contributed by atoms with van der Waals surface area (Å²) in [5.74, 6) is 0. The third-order valence-corrected chi connectivity index (χ3v) is 4.81. The zero-order valence-electron chi connectivity index (χ0n) is 10.5. The van der Waals surface area contributed by atoms with Gasteiger partial charge in [-0.15, -0.1) is 0 Å². The highest BCUT2D eigenvalue weighted by Crippen LogP contribution is 2.37. The normalized spacial score (nSPS) is 17.9. The molecule has 20 heavy (non-hydrogen) atoms. The van der Waals surface area contributed by atoms with Crippen molar-refractivity contribution < 1.29 is 0 Å². The van der Waals surface area contributed by atoms with Crippen molar-refractivity contribution in [3.63, 3.8) is 0 Å². The summed E-state index contributed by atoms with van der Waals surface area (Å²) >= 11 is 14.0. The van der Waals surface area contributed by atoms with E-state index in [1.165, 1.54) is 5.56 Å². The van der Waals surface area contributed by atoms with Crippen molar-refractivity contribution in [3.8, 4) is 0 Å². The molecule has 0 saturated carbocycles. The average molecular weight is 323 g/mol. The SMILES string of the molecule is Clc1cccc(Cl)c1NC1=NCC(c2ccccc2)S1. The zero-order chi connectivity index (χ0) is 13.9. The molecule has 3 rings (SSSR count). The van der Waals surface area contributed by atoms with Crippen LogP contribution in [-0.4, -0.2) is 11.7 Å². The highest BCUT2D eigenvalue weighted by atomic mass is 35.5. The first kappa shape index (κ1) is 13.8. The number of nitrogens with one attached hydrogen (secondary N) is 1. The quantitative estimate of drug-likeness (QED) is 0.816. The molecule has 102 valence electrons. The van der Waals surface area contributed by atoms with Crippen LogP contribution in [0.25, 0.3) is 0 Å². The lowest BCUT2D eigenvalue weighted by atomic mass is 10.1. The van der Waals surface area contributed by atoms with Crippen LogP contribution in [0.1, 0.15) is 10.8 Å². The van der Waals surface area contributed by atoms with E-state index in [4.69, 9.17) is 23.2 Å². The summed E-state index contributed by atoms with van der Waals surface area (Å²) in [6.45, 7) is 0.763. The van der Waals surface area contributed by atoms with Gasteiger partial charge in [0, 0.05) is 0 Å². The summed E-state index contributed by atoms with van der Waals surface area (Å²) in [6.07, 6.45) is 0. The summed E-state index contributed by atoms with van der Waals surface area (Å²) < 4.78 is 0. The molecule has 0 bridgehead atoms. The van der Waals surface area contributed by atoms with Crippen LogP contribution >= 0.6 is 35.0 Å². The lowest BCUT2D eigenvalue weighted by Gasteiger charge is -2.11. The molecule has 1 unspecified atom stereocenters. The van der Waals surface area contributed by atoms with E-state index >= 15 is 0 Å². The molecular formula is C15H12Cl2N2S. The van der Waals surface area contributed by atoms with Gasteiger partial charge in [0.25, 0.3) is 0 Å². The fraction of sp³-hybridized carbons (Fsp3) is 0.133. The van der Waals surface area contributed by atoms with Gasteiger partial charge in [0.2, 0.25) is 0 Å². The number of thioether (sulfide) groups is 1. The molecule has 0 aromatic heterocycles. The van der Waals surface area contributed by atoms with Crippen LogP contribution in [0.5, 0.6) is 0 Å². The van der Waals surface area contributed by atoms with Crippen molar-refractivity contribution in [2.24, 2.45) is 4.99 Å². The van der Waals surface area contributed by atoms with Crippen LogP contribution in [0, 0.1) is 0 Å². The van der Waals surface area contributed by atoms with Gasteiger partial charge < -0.3 is 5.32 Å². The Morgan fingerprint density at radius 1 is 1.00 bits per heavy atom. The number of anilines is 1. The van der Waals surface area contributed by atoms with Gasteiger partial charge in [0.15, 0.2) is 5.17 Å². The molecule has 2 aromatic rings. The first-order valence-corrected chi connectivity index (χ1v) is 7.84. The van der Waals surface area contributed by atoms with Crippen LogP contribution < -0.4 is 5.32 Å². The number of hydrogen-bond acceptors (Lipinski definition) is 3. The van der Waals surface area contributed by atoms with Gasteiger partial charge >= 0.3 is 0 Å². The zero-order valence-corrected chi connectivity index (χ0v) is 12.8. The Labute approximate surface area is 132 Å². The van der Waals surface area contributed by atoms with Gasteiger partial charge in [-0.05, 0) is 17.7 Å². The average Bonchev–Trinajstić information content (AvgIpc) is 2.93. The molecule has 1 atom stereocenters. The van der Waals surface area contributed by atoms with E-state index < -0.39 is 0 Å². The standard InChI is InChI=1S/C15H12Cl2N2S/c16-11-7-4-8-12(17)14(11)19-15-18-9-13(20-15)10-5-2-1-3-6-10/h1-8,13H,9H2,(H,18,19). The summed E-state index contributed by atoms with van der Waals surface area (Å²) in [5, 5.41) is 5.63. The molecule has 0 spiro atoms. The molecule has 0 radical (unpaired) electrons. The maximum atomic E-state index is 6.15. The second kappa shape index (κ2) is 6.08. The van der Waals surface area contributed by atoms with E-state index in [2.05, 4.69) is 22.4 Å². The van der Waals surface area contributed by atoms with Crippen LogP contribution in [0.2, 0.25) is 10.0 Å². The minimum absolute atomic E-state index is 0.347. The number of benzene rings is 2. The summed E-state index contributed by atoms with van der Waals surface area (Å²) in [7, 11) is 0. The fourth-order valence-corrected chi connectivity index (χ4v) is 3.52. The van der Waals surface area contributed by atoms with Gasteiger partial charge in [-0.2, -0.15) is 0 Å². The van der Waals surface area contributed by atoms with Crippen LogP contribution in [0.4, 0.5) is 5.69 Å². The Morgan fingerprint density at radius 3 is 2.40 bits per heavy atom. The van der Waals surface area contributed by atoms with Crippen molar-refractivity contribution >= 4 is 45.8 Å². The number of hydrogen-bond donors (Lipinski definition) is 1. The van der Waals surface area contributed by atoms with Crippen molar-refractivity contribution in [1.82, 2.24) is 0 Å². The number of halogens is 2. The molecular weight excluding hydrogens is 311 g/mol. The molecule has 2 aromatic carbocycles. The Morgan fingerprint density at radius 2 is 1.70 bits per heavy atom. The molecule has 5 heteroatoms. The van der Waals surface area contributed by atoms with Gasteiger partial charge in [-0.25, -0.2) is 0 Å². The van der Waals surface area contributed by atoms with Crippen molar-refractivity contribution in [2.75, 3.05) is 11.9 Å². The topological polar surface area (TPSA) is 24.4 Å². The maximum absolute atomic E-state index is 6.15. The smallest absolute Gasteiger partial charge is 0.161 e. The molecule has 1 aliphatic rings. The van der Waals surface area contributed by atoms with Crippen molar-refractivity contribution in [2.45, 2.75) is 5.25 Å². The minimum atomic E-state index is 0.347. The monoisotopic (exact) mass is 322 g/mol. The van der Waals surface area contributed by atoms with Gasteiger partial charge in [-0.1, -0.05) is 71.4 Å². The van der Waals surface area contributed by atoms with Crippen LogP contribution in [0.3, 0.4) is 0 Å². The molecule has 2 nitrogen and oxygen atoms in total. The fourth-order valence-electron chi connectivity index (χ4n) is 2.01. The van der Waals surface area contributed by atoms with Crippen LogP contribution in [0.15, 0.2) is 53.5 Å². The lowest BCUT2D eigenvalue weighted by Crippen LogP contribution is -2.06. The van der Waals surface area contributed by atoms with Crippen molar-refractivity contribution in [1.29, 1.82) is 0 Å². The van der Waals surface area contributed by atoms with Crippen molar-refractivity contribution in [3.05, 3.63) is 64.1 Å². The van der Waals surface area contributed by atoms with E-state index in [9.17, 15) is 0 Å². The van der Waals surface area contributed by atoms with Crippen LogP contribution in [-0.2, 0) is 0 Å². The minimum Gasteiger partial charge on any atom is -0.333 e. The Hall–Kier alpha value is -1.16. The molecule has 0 amide bonds. The number of para-hydroxylation sites is 1. The highest BCUT2D eigenvalue weighted by Gasteiger charge is 2.22. The second-order valence-electron chi connectivity index (χ2n) is 4.38. The summed E-state index contributed by atoms with van der Waals surface area (Å²) in [5.41, 5.74) is 2.00. The summed E-state index contributed by atoms with van der Waals surface area (Å²) in [6, 6.07) is 15.8. The predicted molar refractivity (Wildman–Crippen MR) is 89.2 cm³/mol. The van der Waals surface area contributed by atoms with E-state index in [0.717, 1.165) is 17.4 Å². The highest BCUT2D eigenvalue weighted by molar-refractivity contribution is 8.14. The predicted octanol–water partition coefficient (Wildman–Crippen LogP) is 5.25. The molecule has 0 fully saturated rings. The van der Waals surface area contributed by atoms with E-state index in [1.807, 2.05) is 36.4 Å². The first-order chi connectivity index (χ1) is 9.74. The molecule has 1 heterocycles. The van der Waals surface area contributed by atoms with E-state index in [-0.39, 0.29) is 0 Å². The Bertz CT molecular complexity index is 623. The largest absolute Gasteiger partial charge is 0.333 e. The number of aliphatic imine (C=N–C) groups is 1. The van der Waals surface area contributed by atoms with Gasteiger partial charge in [0.05, 0.1) is 27.5 Å². The Kier molecular flexibility index (Phi) is 4.20. The molecule has 0 aliphatic carbocycles. The lowest BCUT2D eigenvalue weighted by molar-refractivity contribution is 0.966. The number of nitrogens with zero attached hydrogens (tertiary/aromatic N) is 1. The molecule has 0 saturated heterocycles. The van der Waals surface area contributed by atoms with Gasteiger partial charge in [-0.3, -0.25) is 4.99 Å². The number of rotatable bonds is 2. The molecule has 1 aliphatic heterocycles. The number of amidine groups is 1. The van der Waals surface area contributed by atoms with E-state index in [1.54, 1.807) is 11.8 Å². The summed E-state index contributed by atoms with van der Waals surface area (Å²) in [4.78, 5) is 4.52.